The predicted molar refractivity (Wildman–Crippen MR) is 108 cm³/mol. The lowest BCUT2D eigenvalue weighted by Gasteiger charge is -2.15. The summed E-state index contributed by atoms with van der Waals surface area (Å²) in [6.45, 7) is 1.08. The molecule has 0 saturated carbocycles. The minimum absolute atomic E-state index is 0.0942. The lowest BCUT2D eigenvalue weighted by Crippen LogP contribution is -2.27. The maximum Gasteiger partial charge on any atom is 0.416 e. The summed E-state index contributed by atoms with van der Waals surface area (Å²) >= 11 is 1.08. The van der Waals surface area contributed by atoms with Gasteiger partial charge < -0.3 is 10.6 Å². The number of thiazole rings is 1. The van der Waals surface area contributed by atoms with Crippen molar-refractivity contribution in [2.45, 2.75) is 6.18 Å². The van der Waals surface area contributed by atoms with Crippen molar-refractivity contribution in [1.82, 2.24) is 10.3 Å². The highest BCUT2D eigenvalue weighted by Gasteiger charge is 2.30. The number of hydrogen-bond donors (Lipinski definition) is 2. The van der Waals surface area contributed by atoms with Gasteiger partial charge in [-0.1, -0.05) is 18.2 Å². The third-order valence-electron chi connectivity index (χ3n) is 4.45. The van der Waals surface area contributed by atoms with E-state index in [4.69, 9.17) is 0 Å². The molecule has 0 aliphatic carbocycles. The number of nitrogens with zero attached hydrogens (tertiary/aromatic N) is 2. The highest BCUT2D eigenvalue weighted by atomic mass is 32.1. The maximum atomic E-state index is 12.9. The van der Waals surface area contributed by atoms with Crippen LogP contribution in [0.1, 0.15) is 16.1 Å². The Kier molecular flexibility index (Phi) is 5.17. The van der Waals surface area contributed by atoms with Gasteiger partial charge in [-0.15, -0.1) is 11.3 Å². The number of hydrogen-bond acceptors (Lipinski definition) is 4. The fraction of sp³-hybridized carbons (Fsp3) is 0.150. The Labute approximate surface area is 173 Å². The number of halogens is 3. The van der Waals surface area contributed by atoms with E-state index in [1.54, 1.807) is 29.2 Å². The number of alkyl halides is 3. The van der Waals surface area contributed by atoms with E-state index in [1.807, 2.05) is 0 Å². The SMILES string of the molecule is O=C(Nc1cccc(N2CCNC2=O)c1)c1csc(-c2cccc(C(F)(F)F)c2)n1. The number of rotatable bonds is 4. The molecule has 0 radical (unpaired) electrons. The zero-order valence-corrected chi connectivity index (χ0v) is 16.2. The molecule has 1 aliphatic heterocycles. The summed E-state index contributed by atoms with van der Waals surface area (Å²) in [4.78, 5) is 30.1. The van der Waals surface area contributed by atoms with E-state index in [0.29, 0.717) is 29.5 Å². The van der Waals surface area contributed by atoms with E-state index in [9.17, 15) is 22.8 Å². The Balaban J connectivity index is 1.51. The van der Waals surface area contributed by atoms with E-state index >= 15 is 0 Å². The van der Waals surface area contributed by atoms with Crippen molar-refractivity contribution in [1.29, 1.82) is 0 Å². The maximum absolute atomic E-state index is 12.9. The van der Waals surface area contributed by atoms with Crippen LogP contribution in [0.4, 0.5) is 29.3 Å². The number of amides is 3. The van der Waals surface area contributed by atoms with Crippen molar-refractivity contribution < 1.29 is 22.8 Å². The molecule has 0 atom stereocenters. The molecule has 6 nitrogen and oxygen atoms in total. The van der Waals surface area contributed by atoms with Gasteiger partial charge >= 0.3 is 12.2 Å². The van der Waals surface area contributed by atoms with Crippen molar-refractivity contribution in [3.05, 3.63) is 65.2 Å². The summed E-state index contributed by atoms with van der Waals surface area (Å²) in [7, 11) is 0. The molecule has 10 heteroatoms. The standard InChI is InChI=1S/C20H15F3N4O2S/c21-20(22,23)13-4-1-3-12(9-13)18-26-16(11-30-18)17(28)25-14-5-2-6-15(10-14)27-8-7-24-19(27)29/h1-6,9-11H,7-8H2,(H,24,29)(H,25,28). The van der Waals surface area contributed by atoms with E-state index in [-0.39, 0.29) is 17.3 Å². The second-order valence-corrected chi connectivity index (χ2v) is 7.36. The molecule has 4 rings (SSSR count). The minimum atomic E-state index is -4.45. The van der Waals surface area contributed by atoms with Crippen molar-refractivity contribution in [3.8, 4) is 10.6 Å². The van der Waals surface area contributed by atoms with E-state index in [2.05, 4.69) is 15.6 Å². The minimum Gasteiger partial charge on any atom is -0.336 e. The van der Waals surface area contributed by atoms with Gasteiger partial charge in [-0.2, -0.15) is 13.2 Å². The second kappa shape index (κ2) is 7.79. The first-order valence-corrected chi connectivity index (χ1v) is 9.79. The normalized spacial score (nSPS) is 14.0. The molecule has 154 valence electrons. The molecule has 0 spiro atoms. The zero-order chi connectivity index (χ0) is 21.3. The van der Waals surface area contributed by atoms with Gasteiger partial charge in [-0.3, -0.25) is 9.69 Å². The molecule has 3 amide bonds. The van der Waals surface area contributed by atoms with Gasteiger partial charge in [0.25, 0.3) is 5.91 Å². The number of nitrogens with one attached hydrogen (secondary N) is 2. The van der Waals surface area contributed by atoms with Gasteiger partial charge in [-0.05, 0) is 30.3 Å². The third-order valence-corrected chi connectivity index (χ3v) is 5.34. The molecule has 1 aliphatic rings. The van der Waals surface area contributed by atoms with Gasteiger partial charge in [0, 0.05) is 35.4 Å². The molecular formula is C20H15F3N4O2S. The number of aromatic nitrogens is 1. The molecule has 0 bridgehead atoms. The Morgan fingerprint density at radius 2 is 1.97 bits per heavy atom. The largest absolute Gasteiger partial charge is 0.416 e. The van der Waals surface area contributed by atoms with Crippen LogP contribution in [0.15, 0.2) is 53.9 Å². The Morgan fingerprint density at radius 1 is 1.17 bits per heavy atom. The van der Waals surface area contributed by atoms with Gasteiger partial charge in [0.05, 0.1) is 5.56 Å². The average Bonchev–Trinajstić information content (AvgIpc) is 3.37. The summed E-state index contributed by atoms with van der Waals surface area (Å²) in [5.41, 5.74) is 0.730. The highest BCUT2D eigenvalue weighted by Crippen LogP contribution is 2.33. The van der Waals surface area contributed by atoms with Crippen molar-refractivity contribution in [3.63, 3.8) is 0 Å². The van der Waals surface area contributed by atoms with E-state index in [1.165, 1.54) is 17.5 Å². The van der Waals surface area contributed by atoms with Crippen LogP contribution in [0, 0.1) is 0 Å². The first-order valence-electron chi connectivity index (χ1n) is 8.91. The quantitative estimate of drug-likeness (QED) is 0.632. The number of urea groups is 1. The fourth-order valence-corrected chi connectivity index (χ4v) is 3.80. The number of benzene rings is 2. The number of anilines is 2. The number of carbonyl (C=O) groups excluding carboxylic acids is 2. The summed E-state index contributed by atoms with van der Waals surface area (Å²) in [5.74, 6) is -0.493. The molecule has 2 aromatic carbocycles. The topological polar surface area (TPSA) is 74.3 Å². The van der Waals surface area contributed by atoms with Crippen LogP contribution in [0.2, 0.25) is 0 Å². The molecule has 30 heavy (non-hydrogen) atoms. The molecule has 2 N–H and O–H groups in total. The molecule has 3 aromatic rings. The van der Waals surface area contributed by atoms with Crippen LogP contribution in [-0.2, 0) is 6.18 Å². The fourth-order valence-electron chi connectivity index (χ4n) is 3.00. The van der Waals surface area contributed by atoms with E-state index in [0.717, 1.165) is 23.5 Å². The molecule has 1 aromatic heterocycles. The summed E-state index contributed by atoms with van der Waals surface area (Å²) in [6, 6.07) is 11.4. The van der Waals surface area contributed by atoms with Gasteiger partial charge in [-0.25, -0.2) is 9.78 Å². The van der Waals surface area contributed by atoms with Gasteiger partial charge in [0.2, 0.25) is 0 Å². The third kappa shape index (κ3) is 4.13. The molecule has 2 heterocycles. The van der Waals surface area contributed by atoms with E-state index < -0.39 is 17.6 Å². The van der Waals surface area contributed by atoms with Crippen molar-refractivity contribution in [2.75, 3.05) is 23.3 Å². The van der Waals surface area contributed by atoms with Gasteiger partial charge in [0.1, 0.15) is 10.7 Å². The average molecular weight is 432 g/mol. The van der Waals surface area contributed by atoms with Crippen molar-refractivity contribution in [2.24, 2.45) is 0 Å². The van der Waals surface area contributed by atoms with Crippen LogP contribution in [0.3, 0.4) is 0 Å². The lowest BCUT2D eigenvalue weighted by atomic mass is 10.1. The summed E-state index contributed by atoms with van der Waals surface area (Å²) < 4.78 is 38.8. The smallest absolute Gasteiger partial charge is 0.336 e. The van der Waals surface area contributed by atoms with Crippen LogP contribution >= 0.6 is 11.3 Å². The molecule has 1 fully saturated rings. The molecule has 0 unspecified atom stereocenters. The zero-order valence-electron chi connectivity index (χ0n) is 15.4. The van der Waals surface area contributed by atoms with Crippen LogP contribution < -0.4 is 15.5 Å². The number of carbonyl (C=O) groups is 2. The summed E-state index contributed by atoms with van der Waals surface area (Å²) in [6.07, 6.45) is -4.45. The van der Waals surface area contributed by atoms with Crippen LogP contribution in [-0.4, -0.2) is 30.0 Å². The Hall–Kier alpha value is -3.40. The Bertz CT molecular complexity index is 1110. The predicted octanol–water partition coefficient (Wildman–Crippen LogP) is 4.61. The van der Waals surface area contributed by atoms with Crippen molar-refractivity contribution >= 4 is 34.6 Å². The second-order valence-electron chi connectivity index (χ2n) is 6.50. The Morgan fingerprint density at radius 3 is 2.70 bits per heavy atom. The molecule has 1 saturated heterocycles. The van der Waals surface area contributed by atoms with Crippen LogP contribution in [0.5, 0.6) is 0 Å². The summed E-state index contributed by atoms with van der Waals surface area (Å²) in [5, 5.41) is 7.21. The molecular weight excluding hydrogens is 417 g/mol. The lowest BCUT2D eigenvalue weighted by molar-refractivity contribution is -0.137. The first-order chi connectivity index (χ1) is 14.3. The highest BCUT2D eigenvalue weighted by molar-refractivity contribution is 7.13. The van der Waals surface area contributed by atoms with Crippen LogP contribution in [0.25, 0.3) is 10.6 Å². The monoisotopic (exact) mass is 432 g/mol. The van der Waals surface area contributed by atoms with Gasteiger partial charge in [0.15, 0.2) is 0 Å². The first kappa shape index (κ1) is 19.9.